The number of hydrogen-bond acceptors (Lipinski definition) is 4. The standard InChI is InChI=1S/C12H13N3O2/c13-5-9-3-1-2-4-11(9)15-10(6-14)7-17-8-12(15)16/h1-4,10H,6-8,14H2. The molecule has 1 atom stereocenters. The van der Waals surface area contributed by atoms with E-state index >= 15 is 0 Å². The Morgan fingerprint density at radius 2 is 2.29 bits per heavy atom. The van der Waals surface area contributed by atoms with Gasteiger partial charge < -0.3 is 15.4 Å². The van der Waals surface area contributed by atoms with Crippen molar-refractivity contribution < 1.29 is 9.53 Å². The van der Waals surface area contributed by atoms with E-state index in [1.54, 1.807) is 29.2 Å². The number of ether oxygens (including phenoxy) is 1. The SMILES string of the molecule is N#Cc1ccccc1N1C(=O)COCC1CN. The summed E-state index contributed by atoms with van der Waals surface area (Å²) in [5.41, 5.74) is 6.71. The number of nitrogens with zero attached hydrogens (tertiary/aromatic N) is 2. The maximum Gasteiger partial charge on any atom is 0.253 e. The predicted molar refractivity (Wildman–Crippen MR) is 62.3 cm³/mol. The maximum atomic E-state index is 11.9. The molecule has 17 heavy (non-hydrogen) atoms. The van der Waals surface area contributed by atoms with Gasteiger partial charge in [-0.15, -0.1) is 0 Å². The summed E-state index contributed by atoms with van der Waals surface area (Å²) in [6, 6.07) is 8.89. The number of anilines is 1. The van der Waals surface area contributed by atoms with Gasteiger partial charge in [0.15, 0.2) is 0 Å². The molecule has 0 aliphatic carbocycles. The summed E-state index contributed by atoms with van der Waals surface area (Å²) in [6.07, 6.45) is 0. The second kappa shape index (κ2) is 4.95. The molecule has 0 spiro atoms. The van der Waals surface area contributed by atoms with Crippen LogP contribution in [0.1, 0.15) is 5.56 Å². The van der Waals surface area contributed by atoms with Gasteiger partial charge in [0.2, 0.25) is 0 Å². The van der Waals surface area contributed by atoms with Crippen LogP contribution in [0.25, 0.3) is 0 Å². The van der Waals surface area contributed by atoms with Gasteiger partial charge in [0.25, 0.3) is 5.91 Å². The van der Waals surface area contributed by atoms with Crippen molar-refractivity contribution in [2.45, 2.75) is 6.04 Å². The van der Waals surface area contributed by atoms with Gasteiger partial charge in [-0.3, -0.25) is 4.79 Å². The Balaban J connectivity index is 2.42. The molecule has 1 saturated heterocycles. The number of benzene rings is 1. The first-order valence-electron chi connectivity index (χ1n) is 5.37. The zero-order chi connectivity index (χ0) is 12.3. The smallest absolute Gasteiger partial charge is 0.253 e. The van der Waals surface area contributed by atoms with Crippen LogP contribution < -0.4 is 10.6 Å². The second-order valence-corrected chi connectivity index (χ2v) is 3.80. The van der Waals surface area contributed by atoms with Crippen LogP contribution in [-0.4, -0.2) is 31.7 Å². The fraction of sp³-hybridized carbons (Fsp3) is 0.333. The third-order valence-electron chi connectivity index (χ3n) is 2.73. The van der Waals surface area contributed by atoms with Crippen molar-refractivity contribution in [3.8, 4) is 6.07 Å². The number of carbonyl (C=O) groups excluding carboxylic acids is 1. The highest BCUT2D eigenvalue weighted by molar-refractivity contribution is 5.96. The molecule has 0 bridgehead atoms. The van der Waals surface area contributed by atoms with Gasteiger partial charge >= 0.3 is 0 Å². The fourth-order valence-electron chi connectivity index (χ4n) is 1.91. The Labute approximate surface area is 99.4 Å². The van der Waals surface area contributed by atoms with Crippen LogP contribution in [-0.2, 0) is 9.53 Å². The molecule has 5 nitrogen and oxygen atoms in total. The third kappa shape index (κ3) is 2.13. The molecule has 0 aromatic heterocycles. The van der Waals surface area contributed by atoms with E-state index in [0.717, 1.165) is 0 Å². The van der Waals surface area contributed by atoms with E-state index < -0.39 is 0 Å². The number of para-hydroxylation sites is 1. The highest BCUT2D eigenvalue weighted by Gasteiger charge is 2.30. The van der Waals surface area contributed by atoms with E-state index in [9.17, 15) is 4.79 Å². The van der Waals surface area contributed by atoms with Crippen molar-refractivity contribution in [2.24, 2.45) is 5.73 Å². The average Bonchev–Trinajstić information content (AvgIpc) is 2.38. The van der Waals surface area contributed by atoms with Gasteiger partial charge in [-0.05, 0) is 12.1 Å². The Kier molecular flexibility index (Phi) is 3.38. The van der Waals surface area contributed by atoms with Gasteiger partial charge in [0.05, 0.1) is 23.9 Å². The van der Waals surface area contributed by atoms with Crippen molar-refractivity contribution in [3.63, 3.8) is 0 Å². The van der Waals surface area contributed by atoms with Crippen LogP contribution in [0.3, 0.4) is 0 Å². The van der Waals surface area contributed by atoms with Crippen LogP contribution in [0.15, 0.2) is 24.3 Å². The summed E-state index contributed by atoms with van der Waals surface area (Å²) < 4.78 is 5.16. The molecule has 1 aromatic carbocycles. The zero-order valence-electron chi connectivity index (χ0n) is 9.30. The molecule has 0 radical (unpaired) electrons. The Morgan fingerprint density at radius 3 is 3.00 bits per heavy atom. The number of nitrogens with two attached hydrogens (primary N) is 1. The molecule has 2 N–H and O–H groups in total. The van der Waals surface area contributed by atoms with Crippen molar-refractivity contribution in [1.29, 1.82) is 5.26 Å². The average molecular weight is 231 g/mol. The summed E-state index contributed by atoms with van der Waals surface area (Å²) >= 11 is 0. The molecular weight excluding hydrogens is 218 g/mol. The molecule has 1 aliphatic heterocycles. The number of nitriles is 1. The second-order valence-electron chi connectivity index (χ2n) is 3.80. The molecule has 5 heteroatoms. The predicted octanol–water partition coefficient (Wildman–Crippen LogP) is 0.249. The fourth-order valence-corrected chi connectivity index (χ4v) is 1.91. The minimum absolute atomic E-state index is 0.0380. The molecule has 1 unspecified atom stereocenters. The van der Waals surface area contributed by atoms with Crippen molar-refractivity contribution >= 4 is 11.6 Å². The molecule has 1 heterocycles. The lowest BCUT2D eigenvalue weighted by Crippen LogP contribution is -2.53. The van der Waals surface area contributed by atoms with E-state index in [-0.39, 0.29) is 18.6 Å². The van der Waals surface area contributed by atoms with E-state index in [1.807, 2.05) is 0 Å². The molecule has 88 valence electrons. The Hall–Kier alpha value is -1.90. The quantitative estimate of drug-likeness (QED) is 0.791. The van der Waals surface area contributed by atoms with Gasteiger partial charge in [-0.2, -0.15) is 5.26 Å². The first-order valence-corrected chi connectivity index (χ1v) is 5.37. The highest BCUT2D eigenvalue weighted by Crippen LogP contribution is 2.23. The molecular formula is C12H13N3O2. The Bertz CT molecular complexity index is 467. The lowest BCUT2D eigenvalue weighted by Gasteiger charge is -2.35. The number of carbonyl (C=O) groups is 1. The molecule has 1 amide bonds. The first-order chi connectivity index (χ1) is 8.27. The van der Waals surface area contributed by atoms with E-state index in [4.69, 9.17) is 15.7 Å². The monoisotopic (exact) mass is 231 g/mol. The summed E-state index contributed by atoms with van der Waals surface area (Å²) in [4.78, 5) is 13.4. The summed E-state index contributed by atoms with van der Waals surface area (Å²) in [5.74, 6) is -0.158. The van der Waals surface area contributed by atoms with Crippen LogP contribution in [0.4, 0.5) is 5.69 Å². The van der Waals surface area contributed by atoms with Gasteiger partial charge in [0, 0.05) is 6.54 Å². The molecule has 1 aromatic rings. The highest BCUT2D eigenvalue weighted by atomic mass is 16.5. The van der Waals surface area contributed by atoms with E-state index in [2.05, 4.69) is 6.07 Å². The Morgan fingerprint density at radius 1 is 1.53 bits per heavy atom. The summed E-state index contributed by atoms with van der Waals surface area (Å²) in [7, 11) is 0. The largest absolute Gasteiger partial charge is 0.369 e. The van der Waals surface area contributed by atoms with Crippen molar-refractivity contribution in [2.75, 3.05) is 24.7 Å². The molecule has 1 aliphatic rings. The van der Waals surface area contributed by atoms with Crippen LogP contribution in [0.5, 0.6) is 0 Å². The minimum atomic E-state index is -0.203. The first kappa shape index (κ1) is 11.6. The minimum Gasteiger partial charge on any atom is -0.369 e. The van der Waals surface area contributed by atoms with Crippen molar-refractivity contribution in [3.05, 3.63) is 29.8 Å². The zero-order valence-corrected chi connectivity index (χ0v) is 9.30. The van der Waals surface area contributed by atoms with Crippen molar-refractivity contribution in [1.82, 2.24) is 0 Å². The number of amides is 1. The number of rotatable bonds is 2. The summed E-state index contributed by atoms with van der Waals surface area (Å²) in [6.45, 7) is 0.754. The molecule has 2 rings (SSSR count). The topological polar surface area (TPSA) is 79.3 Å². The van der Waals surface area contributed by atoms with Gasteiger partial charge in [-0.25, -0.2) is 0 Å². The van der Waals surface area contributed by atoms with Crippen LogP contribution >= 0.6 is 0 Å². The summed E-state index contributed by atoms with van der Waals surface area (Å²) in [5, 5.41) is 9.04. The van der Waals surface area contributed by atoms with E-state index in [1.165, 1.54) is 0 Å². The number of hydrogen-bond donors (Lipinski definition) is 1. The van der Waals surface area contributed by atoms with Gasteiger partial charge in [-0.1, -0.05) is 12.1 Å². The van der Waals surface area contributed by atoms with Crippen LogP contribution in [0.2, 0.25) is 0 Å². The molecule has 0 saturated carbocycles. The van der Waals surface area contributed by atoms with Gasteiger partial charge in [0.1, 0.15) is 12.7 Å². The third-order valence-corrected chi connectivity index (χ3v) is 2.73. The molecule has 1 fully saturated rings. The lowest BCUT2D eigenvalue weighted by atomic mass is 10.1. The van der Waals surface area contributed by atoms with Crippen LogP contribution in [0, 0.1) is 11.3 Å². The van der Waals surface area contributed by atoms with E-state index in [0.29, 0.717) is 24.4 Å². The number of morpholine rings is 1. The normalized spacial score (nSPS) is 20.1. The lowest BCUT2D eigenvalue weighted by molar-refractivity contribution is -0.127. The maximum absolute atomic E-state index is 11.9.